The van der Waals surface area contributed by atoms with Gasteiger partial charge < -0.3 is 14.7 Å². The molecule has 0 radical (unpaired) electrons. The van der Waals surface area contributed by atoms with E-state index in [1.807, 2.05) is 0 Å². The largest absolute Gasteiger partial charge is 0.488 e. The molecule has 1 amide bonds. The summed E-state index contributed by atoms with van der Waals surface area (Å²) in [4.78, 5) is 25.0. The number of aromatic carboxylic acids is 1. The molecule has 5 nitrogen and oxygen atoms in total. The van der Waals surface area contributed by atoms with E-state index in [1.54, 1.807) is 31.3 Å². The van der Waals surface area contributed by atoms with Crippen LogP contribution in [0, 0.1) is 5.82 Å². The normalized spacial score (nSPS) is 12.6. The van der Waals surface area contributed by atoms with Crippen LogP contribution in [0.3, 0.4) is 0 Å². The first-order valence-corrected chi connectivity index (χ1v) is 7.64. The fraction of sp³-hybridized carbons (Fsp3) is 0.158. The van der Waals surface area contributed by atoms with E-state index in [-0.39, 0.29) is 23.9 Å². The third kappa shape index (κ3) is 3.68. The van der Waals surface area contributed by atoms with Crippen LogP contribution in [0.5, 0.6) is 5.75 Å². The number of ether oxygens (including phenoxy) is 1. The van der Waals surface area contributed by atoms with Crippen molar-refractivity contribution in [2.75, 3.05) is 13.7 Å². The second-order valence-corrected chi connectivity index (χ2v) is 5.80. The van der Waals surface area contributed by atoms with Gasteiger partial charge in [0.15, 0.2) is 0 Å². The molecule has 2 aromatic carbocycles. The van der Waals surface area contributed by atoms with E-state index in [4.69, 9.17) is 9.84 Å². The summed E-state index contributed by atoms with van der Waals surface area (Å²) in [5.74, 6) is -1.15. The molecule has 0 spiro atoms. The molecule has 0 unspecified atom stereocenters. The summed E-state index contributed by atoms with van der Waals surface area (Å²) in [7, 11) is 1.66. The number of carboxylic acid groups (broad SMARTS) is 1. The summed E-state index contributed by atoms with van der Waals surface area (Å²) >= 11 is 0. The third-order valence-corrected chi connectivity index (χ3v) is 3.93. The van der Waals surface area contributed by atoms with E-state index in [0.29, 0.717) is 23.4 Å². The highest BCUT2D eigenvalue weighted by molar-refractivity contribution is 5.99. The van der Waals surface area contributed by atoms with Gasteiger partial charge in [0, 0.05) is 25.2 Å². The quantitative estimate of drug-likeness (QED) is 0.928. The first-order valence-electron chi connectivity index (χ1n) is 7.64. The zero-order chi connectivity index (χ0) is 18.0. The van der Waals surface area contributed by atoms with Crippen LogP contribution >= 0.6 is 0 Å². The summed E-state index contributed by atoms with van der Waals surface area (Å²) in [5.41, 5.74) is 2.16. The van der Waals surface area contributed by atoms with Gasteiger partial charge in [0.2, 0.25) is 0 Å². The predicted molar refractivity (Wildman–Crippen MR) is 89.7 cm³/mol. The number of halogens is 1. The Labute approximate surface area is 144 Å². The summed E-state index contributed by atoms with van der Waals surface area (Å²) in [6.45, 7) is 0.421. The minimum atomic E-state index is -0.990. The minimum Gasteiger partial charge on any atom is -0.488 e. The average Bonchev–Trinajstić information content (AvgIpc) is 2.61. The van der Waals surface area contributed by atoms with E-state index in [0.717, 1.165) is 5.56 Å². The lowest BCUT2D eigenvalue weighted by Crippen LogP contribution is -2.30. The smallest absolute Gasteiger partial charge is 0.335 e. The summed E-state index contributed by atoms with van der Waals surface area (Å²) in [6, 6.07) is 10.5. The van der Waals surface area contributed by atoms with Crippen molar-refractivity contribution in [3.63, 3.8) is 0 Å². The van der Waals surface area contributed by atoms with Crippen LogP contribution in [0.1, 0.15) is 21.5 Å². The first kappa shape index (κ1) is 16.7. The van der Waals surface area contributed by atoms with E-state index in [9.17, 15) is 14.0 Å². The number of amides is 1. The molecule has 1 aliphatic heterocycles. The molecule has 1 N–H and O–H groups in total. The minimum absolute atomic E-state index is 0.0809. The SMILES string of the molecule is CN(Cc1ccc(C(=O)O)cc1)C(=O)C1=Cc2ccc(F)cc2OC1. The van der Waals surface area contributed by atoms with Gasteiger partial charge in [0.1, 0.15) is 18.2 Å². The molecule has 1 aliphatic rings. The van der Waals surface area contributed by atoms with Gasteiger partial charge in [-0.15, -0.1) is 0 Å². The molecule has 1 heterocycles. The molecule has 25 heavy (non-hydrogen) atoms. The Morgan fingerprint density at radius 3 is 2.60 bits per heavy atom. The van der Waals surface area contributed by atoms with Gasteiger partial charge >= 0.3 is 5.97 Å². The number of hydrogen-bond acceptors (Lipinski definition) is 3. The van der Waals surface area contributed by atoms with E-state index < -0.39 is 5.97 Å². The van der Waals surface area contributed by atoms with Gasteiger partial charge in [-0.3, -0.25) is 4.79 Å². The lowest BCUT2D eigenvalue weighted by atomic mass is 10.1. The van der Waals surface area contributed by atoms with Crippen LogP contribution in [0.4, 0.5) is 4.39 Å². The molecule has 0 fully saturated rings. The maximum Gasteiger partial charge on any atom is 0.335 e. The van der Waals surface area contributed by atoms with Gasteiger partial charge in [-0.1, -0.05) is 12.1 Å². The zero-order valence-corrected chi connectivity index (χ0v) is 13.5. The Hall–Kier alpha value is -3.15. The fourth-order valence-electron chi connectivity index (χ4n) is 2.60. The van der Waals surface area contributed by atoms with Gasteiger partial charge in [-0.05, 0) is 35.9 Å². The number of rotatable bonds is 4. The van der Waals surface area contributed by atoms with Crippen LogP contribution < -0.4 is 4.74 Å². The molecule has 0 aromatic heterocycles. The zero-order valence-electron chi connectivity index (χ0n) is 13.5. The number of fused-ring (bicyclic) bond motifs is 1. The lowest BCUT2D eigenvalue weighted by molar-refractivity contribution is -0.126. The second kappa shape index (κ2) is 6.76. The second-order valence-electron chi connectivity index (χ2n) is 5.80. The molecular weight excluding hydrogens is 325 g/mol. The lowest BCUT2D eigenvalue weighted by Gasteiger charge is -2.22. The van der Waals surface area contributed by atoms with Crippen LogP contribution in [-0.2, 0) is 11.3 Å². The number of carbonyl (C=O) groups excluding carboxylic acids is 1. The van der Waals surface area contributed by atoms with Gasteiger partial charge in [-0.25, -0.2) is 9.18 Å². The van der Waals surface area contributed by atoms with Crippen LogP contribution in [0.15, 0.2) is 48.0 Å². The highest BCUT2D eigenvalue weighted by Gasteiger charge is 2.20. The highest BCUT2D eigenvalue weighted by atomic mass is 19.1. The van der Waals surface area contributed by atoms with E-state index >= 15 is 0 Å². The fourth-order valence-corrected chi connectivity index (χ4v) is 2.60. The van der Waals surface area contributed by atoms with Crippen molar-refractivity contribution in [1.82, 2.24) is 4.90 Å². The molecular formula is C19H16FNO4. The van der Waals surface area contributed by atoms with Gasteiger partial charge in [0.25, 0.3) is 5.91 Å². The van der Waals surface area contributed by atoms with Crippen LogP contribution in [0.25, 0.3) is 6.08 Å². The number of benzene rings is 2. The number of likely N-dealkylation sites (N-methyl/N-ethyl adjacent to an activating group) is 1. The van der Waals surface area contributed by atoms with Crippen LogP contribution in [0.2, 0.25) is 0 Å². The monoisotopic (exact) mass is 341 g/mol. The molecule has 0 atom stereocenters. The molecule has 2 aromatic rings. The molecule has 6 heteroatoms. The highest BCUT2D eigenvalue weighted by Crippen LogP contribution is 2.27. The number of nitrogens with zero attached hydrogens (tertiary/aromatic N) is 1. The van der Waals surface area contributed by atoms with Crippen molar-refractivity contribution in [2.24, 2.45) is 0 Å². The molecule has 128 valence electrons. The predicted octanol–water partition coefficient (Wildman–Crippen LogP) is 2.96. The number of carbonyl (C=O) groups is 2. The Balaban J connectivity index is 1.72. The Bertz CT molecular complexity index is 858. The topological polar surface area (TPSA) is 66.8 Å². The van der Waals surface area contributed by atoms with Crippen molar-refractivity contribution >= 4 is 18.0 Å². The Kier molecular flexibility index (Phi) is 4.52. The summed E-state index contributed by atoms with van der Waals surface area (Å²) in [5, 5.41) is 8.90. The maximum atomic E-state index is 13.2. The molecule has 0 saturated carbocycles. The van der Waals surface area contributed by atoms with Crippen molar-refractivity contribution in [2.45, 2.75) is 6.54 Å². The molecule has 0 saturated heterocycles. The first-order chi connectivity index (χ1) is 11.9. The molecule has 0 bridgehead atoms. The van der Waals surface area contributed by atoms with Crippen molar-refractivity contribution in [3.8, 4) is 5.75 Å². The summed E-state index contributed by atoms with van der Waals surface area (Å²) < 4.78 is 18.6. The van der Waals surface area contributed by atoms with Crippen LogP contribution in [-0.4, -0.2) is 35.5 Å². The number of hydrogen-bond donors (Lipinski definition) is 1. The summed E-state index contributed by atoms with van der Waals surface area (Å²) in [6.07, 6.45) is 1.70. The molecule has 0 aliphatic carbocycles. The van der Waals surface area contributed by atoms with E-state index in [1.165, 1.54) is 29.2 Å². The van der Waals surface area contributed by atoms with Crippen molar-refractivity contribution in [3.05, 3.63) is 70.5 Å². The number of carboxylic acids is 1. The third-order valence-electron chi connectivity index (χ3n) is 3.93. The van der Waals surface area contributed by atoms with Gasteiger partial charge in [0.05, 0.1) is 11.1 Å². The van der Waals surface area contributed by atoms with Crippen molar-refractivity contribution in [1.29, 1.82) is 0 Å². The Morgan fingerprint density at radius 2 is 1.92 bits per heavy atom. The average molecular weight is 341 g/mol. The van der Waals surface area contributed by atoms with Crippen molar-refractivity contribution < 1.29 is 23.8 Å². The van der Waals surface area contributed by atoms with Gasteiger partial charge in [-0.2, -0.15) is 0 Å². The Morgan fingerprint density at radius 1 is 1.20 bits per heavy atom. The maximum absolute atomic E-state index is 13.2. The molecule has 3 rings (SSSR count). The van der Waals surface area contributed by atoms with E-state index in [2.05, 4.69) is 0 Å². The standard InChI is InChI=1S/C19H16FNO4/c1-21(10-12-2-4-13(5-3-12)19(23)24)18(22)15-8-14-6-7-16(20)9-17(14)25-11-15/h2-9H,10-11H2,1H3,(H,23,24).